The van der Waals surface area contributed by atoms with Crippen molar-refractivity contribution < 1.29 is 9.59 Å². The number of aromatic amines is 1. The number of Topliss-reactive ketones (excluding diaryl/α,β-unsaturated/α-hetero) is 1. The molecule has 2 heterocycles. The predicted octanol–water partition coefficient (Wildman–Crippen LogP) is 4.93. The number of H-pyrrole nitrogens is 1. The third-order valence-electron chi connectivity index (χ3n) is 6.39. The lowest BCUT2D eigenvalue weighted by Gasteiger charge is -2.33. The zero-order valence-corrected chi connectivity index (χ0v) is 20.1. The first-order valence-electron chi connectivity index (χ1n) is 11.8. The topological polar surface area (TPSA) is 68.4 Å². The number of carbonyl (C=O) groups excluding carboxylic acids is 2. The van der Waals surface area contributed by atoms with Crippen molar-refractivity contribution in [2.24, 2.45) is 0 Å². The van der Waals surface area contributed by atoms with E-state index in [1.807, 2.05) is 66.7 Å². The van der Waals surface area contributed by atoms with E-state index in [4.69, 9.17) is 11.6 Å². The Bertz CT molecular complexity index is 1340. The number of benzene rings is 3. The number of hydrogen-bond acceptors (Lipinski definition) is 4. The minimum absolute atomic E-state index is 0.0890. The van der Waals surface area contributed by atoms with Crippen molar-refractivity contribution in [3.63, 3.8) is 0 Å². The fourth-order valence-corrected chi connectivity index (χ4v) is 4.78. The summed E-state index contributed by atoms with van der Waals surface area (Å²) in [6.07, 6.45) is 0. The van der Waals surface area contributed by atoms with Crippen molar-refractivity contribution in [3.05, 3.63) is 89.4 Å². The van der Waals surface area contributed by atoms with Crippen LogP contribution in [0.4, 0.5) is 5.69 Å². The van der Waals surface area contributed by atoms with Crippen LogP contribution in [0.15, 0.2) is 78.9 Å². The minimum atomic E-state index is -0.0890. The van der Waals surface area contributed by atoms with Crippen LogP contribution in [0.1, 0.15) is 10.4 Å². The van der Waals surface area contributed by atoms with Gasteiger partial charge < -0.3 is 10.3 Å². The van der Waals surface area contributed by atoms with E-state index >= 15 is 0 Å². The maximum Gasteiger partial charge on any atom is 0.238 e. The maximum atomic E-state index is 13.5. The van der Waals surface area contributed by atoms with Crippen LogP contribution >= 0.6 is 11.6 Å². The number of anilines is 1. The Balaban J connectivity index is 1.22. The highest BCUT2D eigenvalue weighted by atomic mass is 35.5. The Morgan fingerprint density at radius 3 is 2.17 bits per heavy atom. The van der Waals surface area contributed by atoms with E-state index in [0.717, 1.165) is 53.9 Å². The number of nitrogens with one attached hydrogen (secondary N) is 2. The summed E-state index contributed by atoms with van der Waals surface area (Å²) >= 11 is 6.14. The third kappa shape index (κ3) is 5.30. The first-order chi connectivity index (χ1) is 17.1. The molecule has 0 radical (unpaired) electrons. The highest BCUT2D eigenvalue weighted by Crippen LogP contribution is 2.31. The molecule has 2 N–H and O–H groups in total. The van der Waals surface area contributed by atoms with Gasteiger partial charge in [0.25, 0.3) is 0 Å². The van der Waals surface area contributed by atoms with Crippen LogP contribution in [0.2, 0.25) is 5.02 Å². The fourth-order valence-electron chi connectivity index (χ4n) is 4.60. The van der Waals surface area contributed by atoms with Gasteiger partial charge in [-0.05, 0) is 23.8 Å². The number of para-hydroxylation sites is 2. The smallest absolute Gasteiger partial charge is 0.238 e. The van der Waals surface area contributed by atoms with Gasteiger partial charge in [0.15, 0.2) is 5.78 Å². The number of halogens is 1. The quantitative estimate of drug-likeness (QED) is 0.363. The number of amides is 1. The molecule has 0 bridgehead atoms. The van der Waals surface area contributed by atoms with Gasteiger partial charge in [-0.15, -0.1) is 0 Å². The molecule has 35 heavy (non-hydrogen) atoms. The van der Waals surface area contributed by atoms with E-state index in [1.165, 1.54) is 0 Å². The van der Waals surface area contributed by atoms with Crippen LogP contribution in [0.3, 0.4) is 0 Å². The predicted molar refractivity (Wildman–Crippen MR) is 141 cm³/mol. The molecule has 1 aromatic heterocycles. The van der Waals surface area contributed by atoms with Crippen molar-refractivity contribution in [1.29, 1.82) is 0 Å². The Kier molecular flexibility index (Phi) is 6.95. The number of nitrogens with zero attached hydrogens (tertiary/aromatic N) is 2. The molecule has 0 atom stereocenters. The lowest BCUT2D eigenvalue weighted by atomic mass is 10.0. The number of rotatable bonds is 7. The summed E-state index contributed by atoms with van der Waals surface area (Å²) in [6.45, 7) is 3.56. The van der Waals surface area contributed by atoms with Gasteiger partial charge in [-0.1, -0.05) is 72.3 Å². The Labute approximate surface area is 209 Å². The normalized spacial score (nSPS) is 14.8. The molecule has 0 aliphatic carbocycles. The molecule has 3 aromatic carbocycles. The number of hydrogen-bond donors (Lipinski definition) is 2. The largest absolute Gasteiger partial charge is 0.354 e. The Morgan fingerprint density at radius 1 is 0.800 bits per heavy atom. The molecule has 1 amide bonds. The summed E-state index contributed by atoms with van der Waals surface area (Å²) in [7, 11) is 0. The summed E-state index contributed by atoms with van der Waals surface area (Å²) in [5, 5.41) is 4.35. The molecule has 4 aromatic rings. The lowest BCUT2D eigenvalue weighted by molar-refractivity contribution is -0.117. The summed E-state index contributed by atoms with van der Waals surface area (Å²) < 4.78 is 0. The van der Waals surface area contributed by atoms with Crippen LogP contribution in [0, 0.1) is 0 Å². The van der Waals surface area contributed by atoms with Crippen molar-refractivity contribution in [2.75, 3.05) is 44.6 Å². The number of ketones is 1. The molecule has 7 heteroatoms. The van der Waals surface area contributed by atoms with Crippen molar-refractivity contribution >= 4 is 39.9 Å². The zero-order valence-electron chi connectivity index (χ0n) is 19.3. The molecule has 1 aliphatic rings. The fraction of sp³-hybridized carbons (Fsp3) is 0.214. The van der Waals surface area contributed by atoms with Crippen molar-refractivity contribution in [3.8, 4) is 11.3 Å². The van der Waals surface area contributed by atoms with Crippen LogP contribution in [-0.4, -0.2) is 65.7 Å². The monoisotopic (exact) mass is 486 g/mol. The molecule has 0 unspecified atom stereocenters. The molecular weight excluding hydrogens is 460 g/mol. The molecule has 6 nitrogen and oxygen atoms in total. The molecule has 1 fully saturated rings. The molecule has 0 spiro atoms. The second-order valence-electron chi connectivity index (χ2n) is 8.79. The number of piperazine rings is 1. The summed E-state index contributed by atoms with van der Waals surface area (Å²) in [4.78, 5) is 33.7. The minimum Gasteiger partial charge on any atom is -0.354 e. The Morgan fingerprint density at radius 2 is 1.43 bits per heavy atom. The Hall–Kier alpha value is -3.45. The van der Waals surface area contributed by atoms with Gasteiger partial charge >= 0.3 is 0 Å². The molecule has 1 saturated heterocycles. The number of aromatic nitrogens is 1. The second-order valence-corrected chi connectivity index (χ2v) is 9.20. The molecule has 5 rings (SSSR count). The SMILES string of the molecule is O=C(CN1CCN(CC(=O)c2c(-c3ccccc3)[nH]c3ccccc23)CC1)Nc1ccccc1Cl. The van der Waals surface area contributed by atoms with Gasteiger partial charge in [-0.2, -0.15) is 0 Å². The zero-order chi connectivity index (χ0) is 24.2. The van der Waals surface area contributed by atoms with E-state index in [1.54, 1.807) is 12.1 Å². The first kappa shape index (κ1) is 23.3. The number of carbonyl (C=O) groups is 2. The van der Waals surface area contributed by atoms with E-state index in [0.29, 0.717) is 23.8 Å². The number of fused-ring (bicyclic) bond motifs is 1. The second kappa shape index (κ2) is 10.4. The van der Waals surface area contributed by atoms with Crippen LogP contribution < -0.4 is 5.32 Å². The van der Waals surface area contributed by atoms with Gasteiger partial charge in [-0.25, -0.2) is 0 Å². The lowest BCUT2D eigenvalue weighted by Crippen LogP contribution is -2.49. The van der Waals surface area contributed by atoms with Crippen LogP contribution in [0.25, 0.3) is 22.2 Å². The average molecular weight is 487 g/mol. The molecule has 178 valence electrons. The van der Waals surface area contributed by atoms with Crippen molar-refractivity contribution in [2.45, 2.75) is 0 Å². The van der Waals surface area contributed by atoms with Crippen LogP contribution in [-0.2, 0) is 4.79 Å². The molecule has 1 aliphatic heterocycles. The van der Waals surface area contributed by atoms with Gasteiger partial charge in [0, 0.05) is 37.1 Å². The average Bonchev–Trinajstić information content (AvgIpc) is 3.27. The highest BCUT2D eigenvalue weighted by molar-refractivity contribution is 6.33. The van der Waals surface area contributed by atoms with Crippen molar-refractivity contribution in [1.82, 2.24) is 14.8 Å². The van der Waals surface area contributed by atoms with E-state index in [-0.39, 0.29) is 11.7 Å². The first-order valence-corrected chi connectivity index (χ1v) is 12.1. The van der Waals surface area contributed by atoms with Gasteiger partial charge in [0.1, 0.15) is 0 Å². The van der Waals surface area contributed by atoms with Gasteiger partial charge in [0.05, 0.1) is 35.1 Å². The standard InChI is InChI=1S/C28H27ClN4O2/c29-22-11-5-7-13-24(22)30-26(35)19-33-16-14-32(15-17-33)18-25(34)27-21-10-4-6-12-23(21)31-28(27)20-8-2-1-3-9-20/h1-13,31H,14-19H2,(H,30,35). The van der Waals surface area contributed by atoms with Crippen LogP contribution in [0.5, 0.6) is 0 Å². The summed E-state index contributed by atoms with van der Waals surface area (Å²) in [6, 6.07) is 25.1. The van der Waals surface area contributed by atoms with Gasteiger partial charge in [0.2, 0.25) is 5.91 Å². The summed E-state index contributed by atoms with van der Waals surface area (Å²) in [5.41, 5.74) is 4.20. The highest BCUT2D eigenvalue weighted by Gasteiger charge is 2.24. The summed E-state index contributed by atoms with van der Waals surface area (Å²) in [5.74, 6) is 0.0140. The van der Waals surface area contributed by atoms with Gasteiger partial charge in [-0.3, -0.25) is 19.4 Å². The third-order valence-corrected chi connectivity index (χ3v) is 6.72. The molecular formula is C28H27ClN4O2. The van der Waals surface area contributed by atoms with E-state index in [9.17, 15) is 9.59 Å². The van der Waals surface area contributed by atoms with E-state index in [2.05, 4.69) is 20.1 Å². The molecule has 0 saturated carbocycles. The van der Waals surface area contributed by atoms with E-state index < -0.39 is 0 Å². The maximum absolute atomic E-state index is 13.5.